The van der Waals surface area contributed by atoms with E-state index in [1.165, 1.54) is 24.3 Å². The highest BCUT2D eigenvalue weighted by Crippen LogP contribution is 2.23. The first-order chi connectivity index (χ1) is 8.90. The number of nitrogens with zero attached hydrogens (tertiary/aromatic N) is 1. The molecule has 0 aliphatic heterocycles. The third-order valence-electron chi connectivity index (χ3n) is 2.16. The molecule has 0 unspecified atom stereocenters. The van der Waals surface area contributed by atoms with Crippen LogP contribution < -0.4 is 4.72 Å². The monoisotopic (exact) mass is 304 g/mol. The van der Waals surface area contributed by atoms with Crippen LogP contribution in [0.4, 0.5) is 14.6 Å². The zero-order valence-corrected chi connectivity index (χ0v) is 10.8. The van der Waals surface area contributed by atoms with Crippen molar-refractivity contribution in [3.8, 4) is 0 Å². The normalized spacial score (nSPS) is 11.3. The second-order valence-corrected chi connectivity index (χ2v) is 5.56. The lowest BCUT2D eigenvalue weighted by Gasteiger charge is -2.08. The summed E-state index contributed by atoms with van der Waals surface area (Å²) in [5.41, 5.74) is 0. The Kier molecular flexibility index (Phi) is 3.68. The Hall–Kier alpha value is -1.73. The maximum Gasteiger partial charge on any atom is 0.266 e. The maximum atomic E-state index is 13.6. The van der Waals surface area contributed by atoms with Gasteiger partial charge in [-0.25, -0.2) is 17.8 Å². The van der Waals surface area contributed by atoms with E-state index in [2.05, 4.69) is 4.98 Å². The Morgan fingerprint density at radius 1 is 1.11 bits per heavy atom. The number of halogens is 3. The Balaban J connectivity index is 2.41. The number of rotatable bonds is 3. The molecule has 19 heavy (non-hydrogen) atoms. The van der Waals surface area contributed by atoms with Crippen molar-refractivity contribution in [3.05, 3.63) is 53.2 Å². The summed E-state index contributed by atoms with van der Waals surface area (Å²) in [5.74, 6) is -2.18. The molecule has 0 spiro atoms. The van der Waals surface area contributed by atoms with E-state index in [-0.39, 0.29) is 10.8 Å². The lowest BCUT2D eigenvalue weighted by atomic mass is 10.3. The van der Waals surface area contributed by atoms with Gasteiger partial charge in [-0.2, -0.15) is 4.39 Å². The highest BCUT2D eigenvalue weighted by molar-refractivity contribution is 7.92. The van der Waals surface area contributed by atoms with Gasteiger partial charge in [-0.15, -0.1) is 0 Å². The molecule has 0 aliphatic carbocycles. The molecule has 100 valence electrons. The van der Waals surface area contributed by atoms with Crippen LogP contribution in [0, 0.1) is 11.8 Å². The van der Waals surface area contributed by atoms with Gasteiger partial charge in [0, 0.05) is 0 Å². The summed E-state index contributed by atoms with van der Waals surface area (Å²) in [5, 5.41) is -0.324. The minimum Gasteiger partial charge on any atom is -0.263 e. The van der Waals surface area contributed by atoms with E-state index in [0.29, 0.717) is 0 Å². The second kappa shape index (κ2) is 5.10. The summed E-state index contributed by atoms with van der Waals surface area (Å²) in [6.07, 6.45) is 0. The molecule has 0 saturated heterocycles. The Labute approximate surface area is 113 Å². The van der Waals surface area contributed by atoms with Crippen molar-refractivity contribution in [2.45, 2.75) is 4.90 Å². The number of pyridine rings is 1. The van der Waals surface area contributed by atoms with Crippen LogP contribution in [-0.2, 0) is 10.0 Å². The number of sulfonamides is 1. The van der Waals surface area contributed by atoms with Crippen molar-refractivity contribution in [2.75, 3.05) is 4.72 Å². The van der Waals surface area contributed by atoms with Gasteiger partial charge in [-0.1, -0.05) is 23.7 Å². The first-order valence-electron chi connectivity index (χ1n) is 4.99. The minimum absolute atomic E-state index is 0.251. The first-order valence-corrected chi connectivity index (χ1v) is 6.85. The van der Waals surface area contributed by atoms with Gasteiger partial charge in [0.15, 0.2) is 5.82 Å². The van der Waals surface area contributed by atoms with Gasteiger partial charge in [-0.05, 0) is 24.3 Å². The Morgan fingerprint density at radius 3 is 2.47 bits per heavy atom. The number of nitrogens with one attached hydrogen (secondary N) is 1. The molecule has 1 aromatic heterocycles. The van der Waals surface area contributed by atoms with Gasteiger partial charge >= 0.3 is 0 Å². The fourth-order valence-corrected chi connectivity index (χ4v) is 2.68. The summed E-state index contributed by atoms with van der Waals surface area (Å²) in [7, 11) is -4.22. The van der Waals surface area contributed by atoms with Gasteiger partial charge in [0.1, 0.15) is 10.7 Å². The minimum atomic E-state index is -4.22. The quantitative estimate of drug-likeness (QED) is 0.887. The van der Waals surface area contributed by atoms with E-state index in [1.54, 1.807) is 0 Å². The van der Waals surface area contributed by atoms with Gasteiger partial charge < -0.3 is 0 Å². The highest BCUT2D eigenvalue weighted by Gasteiger charge is 2.21. The largest absolute Gasteiger partial charge is 0.266 e. The van der Waals surface area contributed by atoms with Crippen LogP contribution in [0.2, 0.25) is 5.02 Å². The fourth-order valence-electron chi connectivity index (χ4n) is 1.35. The fraction of sp³-hybridized carbons (Fsp3) is 0. The Morgan fingerprint density at radius 2 is 1.79 bits per heavy atom. The molecule has 0 fully saturated rings. The molecule has 4 nitrogen and oxygen atoms in total. The number of aromatic nitrogens is 1. The van der Waals surface area contributed by atoms with E-state index in [4.69, 9.17) is 11.6 Å². The molecular weight excluding hydrogens is 298 g/mol. The molecule has 0 atom stereocenters. The van der Waals surface area contributed by atoms with Crippen LogP contribution in [0.25, 0.3) is 0 Å². The molecule has 1 heterocycles. The molecule has 0 amide bonds. The predicted molar refractivity (Wildman–Crippen MR) is 66.4 cm³/mol. The molecule has 0 saturated carbocycles. The smallest absolute Gasteiger partial charge is 0.263 e. The molecule has 1 aromatic carbocycles. The number of hydrogen-bond donors (Lipinski definition) is 1. The van der Waals surface area contributed by atoms with Crippen LogP contribution in [-0.4, -0.2) is 13.4 Å². The van der Waals surface area contributed by atoms with E-state index >= 15 is 0 Å². The van der Waals surface area contributed by atoms with E-state index in [1.807, 2.05) is 4.72 Å². The third-order valence-corrected chi connectivity index (χ3v) is 3.82. The van der Waals surface area contributed by atoms with Gasteiger partial charge in [0.2, 0.25) is 5.95 Å². The van der Waals surface area contributed by atoms with Gasteiger partial charge in [-0.3, -0.25) is 4.72 Å². The number of hydrogen-bond acceptors (Lipinski definition) is 3. The highest BCUT2D eigenvalue weighted by atomic mass is 35.5. The van der Waals surface area contributed by atoms with Crippen molar-refractivity contribution < 1.29 is 17.2 Å². The van der Waals surface area contributed by atoms with Crippen LogP contribution in [0.15, 0.2) is 41.3 Å². The summed E-state index contributed by atoms with van der Waals surface area (Å²) in [4.78, 5) is 2.69. The molecule has 2 aromatic rings. The van der Waals surface area contributed by atoms with Crippen LogP contribution in [0.1, 0.15) is 0 Å². The second-order valence-electron chi connectivity index (χ2n) is 3.50. The summed E-state index contributed by atoms with van der Waals surface area (Å²) < 4.78 is 52.3. The topological polar surface area (TPSA) is 59.1 Å². The van der Waals surface area contributed by atoms with Crippen LogP contribution in [0.3, 0.4) is 0 Å². The summed E-state index contributed by atoms with van der Waals surface area (Å²) >= 11 is 5.51. The van der Waals surface area contributed by atoms with Crippen molar-refractivity contribution in [2.24, 2.45) is 0 Å². The van der Waals surface area contributed by atoms with E-state index in [0.717, 1.165) is 12.1 Å². The average Bonchev–Trinajstić information content (AvgIpc) is 2.32. The lowest BCUT2D eigenvalue weighted by Crippen LogP contribution is -2.15. The SMILES string of the molecule is O=S(=O)(Nc1cccc(F)n1)c1cccc(Cl)c1F. The molecule has 0 aliphatic rings. The molecular formula is C11H7ClF2N2O2S. The molecule has 0 radical (unpaired) electrons. The van der Waals surface area contributed by atoms with Gasteiger partial charge in [0.25, 0.3) is 10.0 Å². The zero-order valence-electron chi connectivity index (χ0n) is 9.27. The maximum absolute atomic E-state index is 13.6. The number of benzene rings is 1. The molecule has 8 heteroatoms. The summed E-state index contributed by atoms with van der Waals surface area (Å²) in [6, 6.07) is 7.12. The van der Waals surface area contributed by atoms with E-state index < -0.39 is 26.7 Å². The standard InChI is InChI=1S/C11H7ClF2N2O2S/c12-7-3-1-4-8(11(7)14)19(17,18)16-10-6-2-5-9(13)15-10/h1-6H,(H,15,16). The number of anilines is 1. The first kappa shape index (κ1) is 13.7. The third kappa shape index (κ3) is 2.99. The molecule has 0 bridgehead atoms. The lowest BCUT2D eigenvalue weighted by molar-refractivity contribution is 0.569. The van der Waals surface area contributed by atoms with Crippen molar-refractivity contribution in [1.82, 2.24) is 4.98 Å². The van der Waals surface area contributed by atoms with Crippen LogP contribution >= 0.6 is 11.6 Å². The van der Waals surface area contributed by atoms with Gasteiger partial charge in [0.05, 0.1) is 5.02 Å². The zero-order chi connectivity index (χ0) is 14.0. The summed E-state index contributed by atoms with van der Waals surface area (Å²) in [6.45, 7) is 0. The predicted octanol–water partition coefficient (Wildman–Crippen LogP) is 2.81. The van der Waals surface area contributed by atoms with Crippen LogP contribution in [0.5, 0.6) is 0 Å². The Bertz CT molecular complexity index is 722. The molecule has 2 rings (SSSR count). The van der Waals surface area contributed by atoms with E-state index in [9.17, 15) is 17.2 Å². The molecule has 1 N–H and O–H groups in total. The van der Waals surface area contributed by atoms with Crippen molar-refractivity contribution in [1.29, 1.82) is 0 Å². The van der Waals surface area contributed by atoms with Crippen molar-refractivity contribution in [3.63, 3.8) is 0 Å². The van der Waals surface area contributed by atoms with Crippen molar-refractivity contribution >= 4 is 27.4 Å². The average molecular weight is 305 g/mol.